The zero-order chi connectivity index (χ0) is 12.1. The standard InChI is InChI=1S/C10H15N3O3/c1-7(2)12-9(14)3-4-13-5-8(10(15)16)11-6-13/h5-7H,3-4H2,1-2H3,(H,12,14)(H,15,16). The smallest absolute Gasteiger partial charge is 0.356 e. The molecule has 0 unspecified atom stereocenters. The molecule has 2 N–H and O–H groups in total. The quantitative estimate of drug-likeness (QED) is 0.764. The fourth-order valence-corrected chi connectivity index (χ4v) is 1.22. The minimum Gasteiger partial charge on any atom is -0.476 e. The van der Waals surface area contributed by atoms with Gasteiger partial charge in [0.25, 0.3) is 0 Å². The van der Waals surface area contributed by atoms with Crippen LogP contribution in [-0.4, -0.2) is 32.6 Å². The molecule has 0 aliphatic heterocycles. The van der Waals surface area contributed by atoms with Gasteiger partial charge in [-0.3, -0.25) is 4.79 Å². The molecule has 0 spiro atoms. The van der Waals surface area contributed by atoms with Crippen molar-refractivity contribution in [3.05, 3.63) is 18.2 Å². The van der Waals surface area contributed by atoms with Crippen LogP contribution in [0.25, 0.3) is 0 Å². The lowest BCUT2D eigenvalue weighted by Gasteiger charge is -2.07. The van der Waals surface area contributed by atoms with Gasteiger partial charge >= 0.3 is 5.97 Å². The van der Waals surface area contributed by atoms with E-state index in [1.165, 1.54) is 12.5 Å². The first-order valence-corrected chi connectivity index (χ1v) is 5.03. The van der Waals surface area contributed by atoms with Crippen LogP contribution < -0.4 is 5.32 Å². The van der Waals surface area contributed by atoms with Gasteiger partial charge in [0.2, 0.25) is 5.91 Å². The fourth-order valence-electron chi connectivity index (χ4n) is 1.22. The minimum atomic E-state index is -1.06. The van der Waals surface area contributed by atoms with Crippen molar-refractivity contribution in [1.29, 1.82) is 0 Å². The number of hydrogen-bond donors (Lipinski definition) is 2. The van der Waals surface area contributed by atoms with E-state index in [-0.39, 0.29) is 17.6 Å². The summed E-state index contributed by atoms with van der Waals surface area (Å²) in [7, 11) is 0. The van der Waals surface area contributed by atoms with Crippen molar-refractivity contribution in [3.63, 3.8) is 0 Å². The molecule has 1 heterocycles. The summed E-state index contributed by atoms with van der Waals surface area (Å²) in [4.78, 5) is 25.5. The monoisotopic (exact) mass is 225 g/mol. The number of nitrogens with zero attached hydrogens (tertiary/aromatic N) is 2. The van der Waals surface area contributed by atoms with Gasteiger partial charge in [-0.25, -0.2) is 9.78 Å². The van der Waals surface area contributed by atoms with E-state index < -0.39 is 5.97 Å². The number of hydrogen-bond acceptors (Lipinski definition) is 3. The van der Waals surface area contributed by atoms with Crippen LogP contribution in [0.1, 0.15) is 30.8 Å². The van der Waals surface area contributed by atoms with Crippen molar-refractivity contribution in [1.82, 2.24) is 14.9 Å². The number of nitrogens with one attached hydrogen (secondary N) is 1. The molecule has 16 heavy (non-hydrogen) atoms. The van der Waals surface area contributed by atoms with Crippen LogP contribution >= 0.6 is 0 Å². The van der Waals surface area contributed by atoms with Gasteiger partial charge in [0.15, 0.2) is 5.69 Å². The maximum Gasteiger partial charge on any atom is 0.356 e. The van der Waals surface area contributed by atoms with Crippen LogP contribution in [-0.2, 0) is 11.3 Å². The Kier molecular flexibility index (Phi) is 4.04. The zero-order valence-corrected chi connectivity index (χ0v) is 9.30. The van der Waals surface area contributed by atoms with Crippen molar-refractivity contribution in [3.8, 4) is 0 Å². The highest BCUT2D eigenvalue weighted by Gasteiger charge is 2.08. The number of carboxylic acid groups (broad SMARTS) is 1. The van der Waals surface area contributed by atoms with Gasteiger partial charge < -0.3 is 15.0 Å². The predicted molar refractivity (Wildman–Crippen MR) is 57.1 cm³/mol. The third kappa shape index (κ3) is 3.72. The first-order valence-electron chi connectivity index (χ1n) is 5.03. The van der Waals surface area contributed by atoms with Crippen molar-refractivity contribution in [2.24, 2.45) is 0 Å². The number of carbonyl (C=O) groups is 2. The van der Waals surface area contributed by atoms with Gasteiger partial charge in [0.1, 0.15) is 0 Å². The molecule has 0 saturated carbocycles. The van der Waals surface area contributed by atoms with Crippen LogP contribution in [0.5, 0.6) is 0 Å². The first kappa shape index (κ1) is 12.2. The molecule has 1 amide bonds. The Morgan fingerprint density at radius 1 is 1.56 bits per heavy atom. The SMILES string of the molecule is CC(C)NC(=O)CCn1cnc(C(=O)O)c1. The molecule has 0 fully saturated rings. The van der Waals surface area contributed by atoms with Crippen LogP contribution in [0.3, 0.4) is 0 Å². The van der Waals surface area contributed by atoms with Gasteiger partial charge in [-0.1, -0.05) is 0 Å². The van der Waals surface area contributed by atoms with Crippen molar-refractivity contribution in [2.75, 3.05) is 0 Å². The summed E-state index contributed by atoms with van der Waals surface area (Å²) in [5, 5.41) is 11.4. The van der Waals surface area contributed by atoms with Gasteiger partial charge in [-0.05, 0) is 13.8 Å². The van der Waals surface area contributed by atoms with Gasteiger partial charge in [0, 0.05) is 25.2 Å². The van der Waals surface area contributed by atoms with E-state index in [4.69, 9.17) is 5.11 Å². The molecular weight excluding hydrogens is 210 g/mol. The summed E-state index contributed by atoms with van der Waals surface area (Å²) in [6.45, 7) is 4.20. The molecule has 88 valence electrons. The highest BCUT2D eigenvalue weighted by molar-refractivity contribution is 5.84. The minimum absolute atomic E-state index is 0.00994. The first-order chi connectivity index (χ1) is 7.49. The van der Waals surface area contributed by atoms with Gasteiger partial charge in [0.05, 0.1) is 6.33 Å². The topological polar surface area (TPSA) is 84.2 Å². The molecule has 0 aliphatic rings. The maximum atomic E-state index is 11.3. The molecular formula is C10H15N3O3. The molecule has 6 heteroatoms. The summed E-state index contributed by atoms with van der Waals surface area (Å²) < 4.78 is 1.59. The number of amides is 1. The largest absolute Gasteiger partial charge is 0.476 e. The Bertz CT molecular complexity index is 384. The van der Waals surface area contributed by atoms with Crippen LogP contribution in [0.15, 0.2) is 12.5 Å². The molecule has 0 aromatic carbocycles. The number of aromatic carboxylic acids is 1. The predicted octanol–water partition coefficient (Wildman–Crippen LogP) is 0.496. The summed E-state index contributed by atoms with van der Waals surface area (Å²) >= 11 is 0. The number of carbonyl (C=O) groups excluding carboxylic acids is 1. The Labute approximate surface area is 93.3 Å². The highest BCUT2D eigenvalue weighted by Crippen LogP contribution is 1.98. The highest BCUT2D eigenvalue weighted by atomic mass is 16.4. The van der Waals surface area contributed by atoms with E-state index in [9.17, 15) is 9.59 Å². The summed E-state index contributed by atoms with van der Waals surface area (Å²) in [5.41, 5.74) is -0.00994. The Balaban J connectivity index is 2.42. The normalized spacial score (nSPS) is 10.4. The average molecular weight is 225 g/mol. The third-order valence-corrected chi connectivity index (χ3v) is 1.90. The van der Waals surface area contributed by atoms with Crippen LogP contribution in [0.4, 0.5) is 0 Å². The van der Waals surface area contributed by atoms with E-state index in [2.05, 4.69) is 10.3 Å². The molecule has 0 radical (unpaired) electrons. The molecule has 6 nitrogen and oxygen atoms in total. The lowest BCUT2D eigenvalue weighted by atomic mass is 10.3. The number of carboxylic acids is 1. The average Bonchev–Trinajstić information content (AvgIpc) is 2.61. The van der Waals surface area contributed by atoms with Crippen molar-refractivity contribution >= 4 is 11.9 Å². The second-order valence-corrected chi connectivity index (χ2v) is 3.77. The zero-order valence-electron chi connectivity index (χ0n) is 9.30. The van der Waals surface area contributed by atoms with Crippen LogP contribution in [0, 0.1) is 0 Å². The molecule has 1 aromatic rings. The second kappa shape index (κ2) is 5.29. The number of aromatic nitrogens is 2. The lowest BCUT2D eigenvalue weighted by Crippen LogP contribution is -2.30. The van der Waals surface area contributed by atoms with E-state index in [0.717, 1.165) is 0 Å². The summed E-state index contributed by atoms with van der Waals surface area (Å²) in [6, 6.07) is 0.116. The molecule has 0 bridgehead atoms. The Morgan fingerprint density at radius 2 is 2.25 bits per heavy atom. The number of aryl methyl sites for hydroxylation is 1. The Morgan fingerprint density at radius 3 is 2.75 bits per heavy atom. The van der Waals surface area contributed by atoms with E-state index in [0.29, 0.717) is 13.0 Å². The number of rotatable bonds is 5. The van der Waals surface area contributed by atoms with E-state index in [1.807, 2.05) is 13.8 Å². The van der Waals surface area contributed by atoms with E-state index >= 15 is 0 Å². The third-order valence-electron chi connectivity index (χ3n) is 1.90. The van der Waals surface area contributed by atoms with E-state index in [1.54, 1.807) is 4.57 Å². The van der Waals surface area contributed by atoms with Gasteiger partial charge in [-0.2, -0.15) is 0 Å². The second-order valence-electron chi connectivity index (χ2n) is 3.77. The Hall–Kier alpha value is -1.85. The fraction of sp³-hybridized carbons (Fsp3) is 0.500. The molecule has 0 atom stereocenters. The van der Waals surface area contributed by atoms with Crippen molar-refractivity contribution in [2.45, 2.75) is 32.9 Å². The summed E-state index contributed by atoms with van der Waals surface area (Å²) in [6.07, 6.45) is 3.13. The molecule has 1 rings (SSSR count). The lowest BCUT2D eigenvalue weighted by molar-refractivity contribution is -0.121. The van der Waals surface area contributed by atoms with Crippen LogP contribution in [0.2, 0.25) is 0 Å². The van der Waals surface area contributed by atoms with Crippen molar-refractivity contribution < 1.29 is 14.7 Å². The maximum absolute atomic E-state index is 11.3. The van der Waals surface area contributed by atoms with Gasteiger partial charge in [-0.15, -0.1) is 0 Å². The molecule has 1 aromatic heterocycles. The summed E-state index contributed by atoms with van der Waals surface area (Å²) in [5.74, 6) is -1.12. The number of imidazole rings is 1. The molecule has 0 saturated heterocycles. The molecule has 0 aliphatic carbocycles.